The number of nitrogens with one attached hydrogen (secondary N) is 1. The van der Waals surface area contributed by atoms with Crippen molar-refractivity contribution in [3.8, 4) is 17.3 Å². The second kappa shape index (κ2) is 5.30. The quantitative estimate of drug-likeness (QED) is 0.905. The Balaban J connectivity index is 2.59. The SMILES string of the molecule is CNc1cc(-c2cccc(C#N)c2)nc(C(C)(C)C)n1. The number of hydrogen-bond donors (Lipinski definition) is 1. The van der Waals surface area contributed by atoms with Crippen LogP contribution in [0.3, 0.4) is 0 Å². The summed E-state index contributed by atoms with van der Waals surface area (Å²) in [5, 5.41) is 12.1. The lowest BCUT2D eigenvalue weighted by atomic mass is 9.95. The minimum atomic E-state index is -0.131. The molecular weight excluding hydrogens is 248 g/mol. The maximum absolute atomic E-state index is 9.00. The monoisotopic (exact) mass is 266 g/mol. The van der Waals surface area contributed by atoms with E-state index in [0.29, 0.717) is 5.56 Å². The number of aromatic nitrogens is 2. The average molecular weight is 266 g/mol. The molecule has 1 N–H and O–H groups in total. The molecule has 2 aromatic rings. The average Bonchev–Trinajstić information content (AvgIpc) is 2.46. The molecule has 0 unspecified atom stereocenters. The molecule has 1 aromatic heterocycles. The van der Waals surface area contributed by atoms with Crippen molar-refractivity contribution in [2.24, 2.45) is 0 Å². The molecule has 0 fully saturated rings. The third-order valence-electron chi connectivity index (χ3n) is 2.94. The number of rotatable bonds is 2. The Kier molecular flexibility index (Phi) is 3.71. The minimum absolute atomic E-state index is 0.131. The Labute approximate surface area is 119 Å². The van der Waals surface area contributed by atoms with Crippen molar-refractivity contribution in [1.29, 1.82) is 5.26 Å². The van der Waals surface area contributed by atoms with E-state index < -0.39 is 0 Å². The predicted molar refractivity (Wildman–Crippen MR) is 80.4 cm³/mol. The van der Waals surface area contributed by atoms with Gasteiger partial charge in [-0.3, -0.25) is 0 Å². The van der Waals surface area contributed by atoms with Gasteiger partial charge in [-0.25, -0.2) is 9.97 Å². The fourth-order valence-corrected chi connectivity index (χ4v) is 1.81. The molecule has 102 valence electrons. The third-order valence-corrected chi connectivity index (χ3v) is 2.94. The molecule has 2 rings (SSSR count). The van der Waals surface area contributed by atoms with Crippen molar-refractivity contribution in [2.75, 3.05) is 12.4 Å². The first-order valence-corrected chi connectivity index (χ1v) is 6.52. The largest absolute Gasteiger partial charge is 0.373 e. The smallest absolute Gasteiger partial charge is 0.136 e. The van der Waals surface area contributed by atoms with Gasteiger partial charge in [-0.15, -0.1) is 0 Å². The van der Waals surface area contributed by atoms with Crippen LogP contribution in [-0.4, -0.2) is 17.0 Å². The molecule has 0 spiro atoms. The van der Waals surface area contributed by atoms with Gasteiger partial charge in [0.25, 0.3) is 0 Å². The van der Waals surface area contributed by atoms with Crippen LogP contribution in [0.1, 0.15) is 32.2 Å². The van der Waals surface area contributed by atoms with E-state index in [1.165, 1.54) is 0 Å². The molecule has 4 nitrogen and oxygen atoms in total. The van der Waals surface area contributed by atoms with Crippen molar-refractivity contribution < 1.29 is 0 Å². The van der Waals surface area contributed by atoms with E-state index in [2.05, 4.69) is 42.1 Å². The lowest BCUT2D eigenvalue weighted by Crippen LogP contribution is -2.17. The zero-order valence-electron chi connectivity index (χ0n) is 12.2. The molecule has 0 saturated heterocycles. The topological polar surface area (TPSA) is 61.6 Å². The molecule has 0 bridgehead atoms. The van der Waals surface area contributed by atoms with Gasteiger partial charge in [0.05, 0.1) is 17.3 Å². The molecule has 0 radical (unpaired) electrons. The summed E-state index contributed by atoms with van der Waals surface area (Å²) in [4.78, 5) is 9.14. The number of benzene rings is 1. The first kappa shape index (κ1) is 14.0. The first-order chi connectivity index (χ1) is 9.44. The number of nitrogens with zero attached hydrogens (tertiary/aromatic N) is 3. The Morgan fingerprint density at radius 2 is 1.90 bits per heavy atom. The predicted octanol–water partition coefficient (Wildman–Crippen LogP) is 3.35. The Bertz CT molecular complexity index is 663. The minimum Gasteiger partial charge on any atom is -0.373 e. The van der Waals surface area contributed by atoms with Crippen LogP contribution in [0.5, 0.6) is 0 Å². The van der Waals surface area contributed by atoms with Crippen LogP contribution in [0.2, 0.25) is 0 Å². The van der Waals surface area contributed by atoms with Crippen LogP contribution in [0, 0.1) is 11.3 Å². The van der Waals surface area contributed by atoms with Crippen molar-refractivity contribution in [3.05, 3.63) is 41.7 Å². The van der Waals surface area contributed by atoms with Crippen LogP contribution in [0.4, 0.5) is 5.82 Å². The fraction of sp³-hybridized carbons (Fsp3) is 0.312. The molecular formula is C16H18N4. The molecule has 0 aliphatic rings. The molecule has 1 aromatic carbocycles. The van der Waals surface area contributed by atoms with Gasteiger partial charge in [-0.1, -0.05) is 32.9 Å². The van der Waals surface area contributed by atoms with E-state index in [9.17, 15) is 0 Å². The molecule has 0 saturated carbocycles. The maximum atomic E-state index is 9.00. The molecule has 4 heteroatoms. The third kappa shape index (κ3) is 2.94. The van der Waals surface area contributed by atoms with Crippen molar-refractivity contribution in [1.82, 2.24) is 9.97 Å². The normalized spacial score (nSPS) is 10.9. The van der Waals surface area contributed by atoms with Crippen molar-refractivity contribution in [3.63, 3.8) is 0 Å². The van der Waals surface area contributed by atoms with Gasteiger partial charge in [0.15, 0.2) is 0 Å². The summed E-state index contributed by atoms with van der Waals surface area (Å²) in [5.74, 6) is 1.56. The highest BCUT2D eigenvalue weighted by Crippen LogP contribution is 2.25. The van der Waals surface area contributed by atoms with Gasteiger partial charge < -0.3 is 5.32 Å². The van der Waals surface area contributed by atoms with Gasteiger partial charge >= 0.3 is 0 Å². The summed E-state index contributed by atoms with van der Waals surface area (Å²) in [6.07, 6.45) is 0. The highest BCUT2D eigenvalue weighted by molar-refractivity contribution is 5.64. The fourth-order valence-electron chi connectivity index (χ4n) is 1.81. The van der Waals surface area contributed by atoms with E-state index in [-0.39, 0.29) is 5.41 Å². The van der Waals surface area contributed by atoms with E-state index in [0.717, 1.165) is 22.9 Å². The summed E-state index contributed by atoms with van der Waals surface area (Å²) < 4.78 is 0. The van der Waals surface area contributed by atoms with E-state index in [1.54, 1.807) is 6.07 Å². The van der Waals surface area contributed by atoms with Crippen LogP contribution in [0.15, 0.2) is 30.3 Å². The number of nitriles is 1. The summed E-state index contributed by atoms with van der Waals surface area (Å²) in [6, 6.07) is 11.5. The lowest BCUT2D eigenvalue weighted by molar-refractivity contribution is 0.547. The molecule has 1 heterocycles. The van der Waals surface area contributed by atoms with Crippen LogP contribution < -0.4 is 5.32 Å². The number of hydrogen-bond acceptors (Lipinski definition) is 4. The van der Waals surface area contributed by atoms with Gasteiger partial charge in [0.2, 0.25) is 0 Å². The van der Waals surface area contributed by atoms with Crippen LogP contribution in [-0.2, 0) is 5.41 Å². The van der Waals surface area contributed by atoms with Gasteiger partial charge in [0.1, 0.15) is 11.6 Å². The van der Waals surface area contributed by atoms with E-state index in [4.69, 9.17) is 5.26 Å². The molecule has 0 atom stereocenters. The summed E-state index contributed by atoms with van der Waals surface area (Å²) in [6.45, 7) is 6.24. The summed E-state index contributed by atoms with van der Waals surface area (Å²) in [5.41, 5.74) is 2.25. The van der Waals surface area contributed by atoms with Gasteiger partial charge in [-0.05, 0) is 12.1 Å². The Hall–Kier alpha value is -2.41. The highest BCUT2D eigenvalue weighted by Gasteiger charge is 2.19. The molecule has 20 heavy (non-hydrogen) atoms. The van der Waals surface area contributed by atoms with Crippen molar-refractivity contribution in [2.45, 2.75) is 26.2 Å². The summed E-state index contributed by atoms with van der Waals surface area (Å²) >= 11 is 0. The highest BCUT2D eigenvalue weighted by atomic mass is 15.0. The van der Waals surface area contributed by atoms with Gasteiger partial charge in [0, 0.05) is 24.1 Å². The zero-order chi connectivity index (χ0) is 14.8. The van der Waals surface area contributed by atoms with Crippen LogP contribution >= 0.6 is 0 Å². The lowest BCUT2D eigenvalue weighted by Gasteiger charge is -2.18. The van der Waals surface area contributed by atoms with Crippen LogP contribution in [0.25, 0.3) is 11.3 Å². The van der Waals surface area contributed by atoms with Crippen molar-refractivity contribution >= 4 is 5.82 Å². The maximum Gasteiger partial charge on any atom is 0.136 e. The zero-order valence-corrected chi connectivity index (χ0v) is 12.2. The van der Waals surface area contributed by atoms with E-state index >= 15 is 0 Å². The summed E-state index contributed by atoms with van der Waals surface area (Å²) in [7, 11) is 1.84. The second-order valence-electron chi connectivity index (χ2n) is 5.65. The molecule has 0 aliphatic carbocycles. The second-order valence-corrected chi connectivity index (χ2v) is 5.65. The molecule has 0 aliphatic heterocycles. The molecule has 0 amide bonds. The number of anilines is 1. The van der Waals surface area contributed by atoms with E-state index in [1.807, 2.05) is 31.3 Å². The first-order valence-electron chi connectivity index (χ1n) is 6.52. The Morgan fingerprint density at radius 3 is 2.50 bits per heavy atom. The van der Waals surface area contributed by atoms with Gasteiger partial charge in [-0.2, -0.15) is 5.26 Å². The Morgan fingerprint density at radius 1 is 1.15 bits per heavy atom. The standard InChI is InChI=1S/C16H18N4/c1-16(2,3)15-19-13(9-14(18-4)20-15)12-7-5-6-11(8-12)10-17/h5-9H,1-4H3,(H,18,19,20).